The van der Waals surface area contributed by atoms with Gasteiger partial charge in [0.05, 0.1) is 5.52 Å². The van der Waals surface area contributed by atoms with Crippen molar-refractivity contribution in [1.82, 2.24) is 19.6 Å². The predicted molar refractivity (Wildman–Crippen MR) is 76.7 cm³/mol. The topological polar surface area (TPSA) is 55.1 Å². The highest BCUT2D eigenvalue weighted by Gasteiger charge is 2.12. The van der Waals surface area contributed by atoms with E-state index >= 15 is 0 Å². The zero-order chi connectivity index (χ0) is 13.4. The Balaban J connectivity index is 2.37. The number of halogens is 1. The lowest BCUT2D eigenvalue weighted by Crippen LogP contribution is -2.07. The number of nitrogens with one attached hydrogen (secondary N) is 1. The number of benzene rings is 1. The molecule has 0 spiro atoms. The molecule has 1 aromatic carbocycles. The van der Waals surface area contributed by atoms with Crippen LogP contribution in [0.5, 0.6) is 0 Å². The Labute approximate surface area is 114 Å². The summed E-state index contributed by atoms with van der Waals surface area (Å²) < 4.78 is 1.89. The molecule has 0 atom stereocenters. The highest BCUT2D eigenvalue weighted by molar-refractivity contribution is 6.31. The fourth-order valence-corrected chi connectivity index (χ4v) is 2.19. The molecule has 0 bridgehead atoms. The van der Waals surface area contributed by atoms with Crippen molar-refractivity contribution in [2.45, 2.75) is 6.92 Å². The maximum Gasteiger partial charge on any atom is 0.211 e. The number of rotatable bonds is 3. The van der Waals surface area contributed by atoms with Crippen LogP contribution < -0.4 is 5.32 Å². The lowest BCUT2D eigenvalue weighted by atomic mass is 10.2. The Morgan fingerprint density at radius 1 is 1.42 bits per heavy atom. The number of anilines is 1. The van der Waals surface area contributed by atoms with Crippen LogP contribution in [0, 0.1) is 6.92 Å². The SMILES string of the molecule is C=CCNc1nc2cc(Cl)ccc2c2nnc(C)n12. The first-order valence-electron chi connectivity index (χ1n) is 5.86. The molecule has 6 heteroatoms. The summed E-state index contributed by atoms with van der Waals surface area (Å²) in [5, 5.41) is 13.1. The minimum absolute atomic E-state index is 0.617. The summed E-state index contributed by atoms with van der Waals surface area (Å²) in [6.45, 7) is 6.20. The molecule has 1 N–H and O–H groups in total. The van der Waals surface area contributed by atoms with Gasteiger partial charge in [0.15, 0.2) is 5.65 Å². The van der Waals surface area contributed by atoms with Crippen LogP contribution in [0.4, 0.5) is 5.95 Å². The molecule has 0 saturated carbocycles. The maximum atomic E-state index is 6.01. The smallest absolute Gasteiger partial charge is 0.211 e. The Morgan fingerprint density at radius 2 is 2.26 bits per heavy atom. The van der Waals surface area contributed by atoms with E-state index < -0.39 is 0 Å². The van der Waals surface area contributed by atoms with Crippen LogP contribution in [-0.2, 0) is 0 Å². The minimum Gasteiger partial charge on any atom is -0.352 e. The second-order valence-corrected chi connectivity index (χ2v) is 4.61. The number of hydrogen-bond donors (Lipinski definition) is 1. The van der Waals surface area contributed by atoms with Gasteiger partial charge in [0, 0.05) is 17.0 Å². The highest BCUT2D eigenvalue weighted by Crippen LogP contribution is 2.24. The number of nitrogens with zero attached hydrogens (tertiary/aromatic N) is 4. The molecule has 0 aliphatic carbocycles. The van der Waals surface area contributed by atoms with Crippen molar-refractivity contribution in [1.29, 1.82) is 0 Å². The predicted octanol–water partition coefficient (Wildman–Crippen LogP) is 2.84. The average Bonchev–Trinajstić information content (AvgIpc) is 2.78. The molecule has 0 aliphatic heterocycles. The van der Waals surface area contributed by atoms with Gasteiger partial charge in [-0.1, -0.05) is 17.7 Å². The monoisotopic (exact) mass is 273 g/mol. The van der Waals surface area contributed by atoms with E-state index in [1.807, 2.05) is 29.5 Å². The quantitative estimate of drug-likeness (QED) is 0.746. The standard InChI is InChI=1S/C13H12ClN5/c1-3-6-15-13-16-11-7-9(14)4-5-10(11)12-18-17-8(2)19(12)13/h3-5,7H,1,6H2,2H3,(H,15,16). The summed E-state index contributed by atoms with van der Waals surface area (Å²) in [6.07, 6.45) is 1.77. The molecule has 2 aromatic heterocycles. The van der Waals surface area contributed by atoms with Gasteiger partial charge in [-0.3, -0.25) is 0 Å². The molecular formula is C13H12ClN5. The third-order valence-electron chi connectivity index (χ3n) is 2.87. The third-order valence-corrected chi connectivity index (χ3v) is 3.10. The molecule has 19 heavy (non-hydrogen) atoms. The van der Waals surface area contributed by atoms with Gasteiger partial charge in [0.25, 0.3) is 0 Å². The number of aryl methyl sites for hydroxylation is 1. The number of aromatic nitrogens is 4. The molecule has 0 fully saturated rings. The first-order valence-corrected chi connectivity index (χ1v) is 6.24. The third kappa shape index (κ3) is 1.92. The molecule has 0 amide bonds. The molecule has 0 saturated heterocycles. The van der Waals surface area contributed by atoms with Crippen molar-refractivity contribution in [2.75, 3.05) is 11.9 Å². The van der Waals surface area contributed by atoms with Gasteiger partial charge in [-0.25, -0.2) is 9.38 Å². The van der Waals surface area contributed by atoms with Crippen LogP contribution in [0.1, 0.15) is 5.82 Å². The molecule has 0 unspecified atom stereocenters. The molecule has 96 valence electrons. The van der Waals surface area contributed by atoms with Crippen LogP contribution in [0.25, 0.3) is 16.6 Å². The largest absolute Gasteiger partial charge is 0.352 e. The van der Waals surface area contributed by atoms with Crippen LogP contribution in [0.2, 0.25) is 5.02 Å². The second-order valence-electron chi connectivity index (χ2n) is 4.17. The van der Waals surface area contributed by atoms with Crippen molar-refractivity contribution in [2.24, 2.45) is 0 Å². The van der Waals surface area contributed by atoms with Gasteiger partial charge < -0.3 is 5.32 Å². The molecule has 5 nitrogen and oxygen atoms in total. The Hall–Kier alpha value is -2.14. The van der Waals surface area contributed by atoms with Gasteiger partial charge in [-0.2, -0.15) is 0 Å². The van der Waals surface area contributed by atoms with Gasteiger partial charge in [-0.15, -0.1) is 16.8 Å². The first-order chi connectivity index (χ1) is 9.20. The van der Waals surface area contributed by atoms with Gasteiger partial charge >= 0.3 is 0 Å². The highest BCUT2D eigenvalue weighted by atomic mass is 35.5. The molecular weight excluding hydrogens is 262 g/mol. The minimum atomic E-state index is 0.617. The van der Waals surface area contributed by atoms with E-state index in [-0.39, 0.29) is 0 Å². The van der Waals surface area contributed by atoms with E-state index in [2.05, 4.69) is 27.1 Å². The zero-order valence-electron chi connectivity index (χ0n) is 10.4. The van der Waals surface area contributed by atoms with E-state index in [4.69, 9.17) is 11.6 Å². The van der Waals surface area contributed by atoms with Crippen LogP contribution >= 0.6 is 11.6 Å². The second kappa shape index (κ2) is 4.51. The number of fused-ring (bicyclic) bond motifs is 3. The lowest BCUT2D eigenvalue weighted by Gasteiger charge is -2.09. The summed E-state index contributed by atoms with van der Waals surface area (Å²) in [4.78, 5) is 4.57. The summed E-state index contributed by atoms with van der Waals surface area (Å²) >= 11 is 6.01. The van der Waals surface area contributed by atoms with Crippen molar-refractivity contribution in [3.63, 3.8) is 0 Å². The molecule has 0 radical (unpaired) electrons. The van der Waals surface area contributed by atoms with Crippen molar-refractivity contribution < 1.29 is 0 Å². The maximum absolute atomic E-state index is 6.01. The first kappa shape index (κ1) is 11.9. The molecule has 0 aliphatic rings. The van der Waals surface area contributed by atoms with Crippen molar-refractivity contribution in [3.05, 3.63) is 41.7 Å². The molecule has 2 heterocycles. The van der Waals surface area contributed by atoms with E-state index in [1.54, 1.807) is 6.08 Å². The Kier molecular flexibility index (Phi) is 2.83. The molecule has 3 aromatic rings. The summed E-state index contributed by atoms with van der Waals surface area (Å²) in [7, 11) is 0. The Bertz CT molecular complexity index is 777. The van der Waals surface area contributed by atoms with Crippen LogP contribution in [0.3, 0.4) is 0 Å². The normalized spacial score (nSPS) is 11.1. The van der Waals surface area contributed by atoms with Crippen LogP contribution in [0.15, 0.2) is 30.9 Å². The van der Waals surface area contributed by atoms with Gasteiger partial charge in [-0.05, 0) is 25.1 Å². The average molecular weight is 274 g/mol. The fraction of sp³-hybridized carbons (Fsp3) is 0.154. The van der Waals surface area contributed by atoms with E-state index in [0.717, 1.165) is 22.4 Å². The fourth-order valence-electron chi connectivity index (χ4n) is 2.02. The lowest BCUT2D eigenvalue weighted by molar-refractivity contribution is 0.985. The summed E-state index contributed by atoms with van der Waals surface area (Å²) in [5.41, 5.74) is 1.56. The van der Waals surface area contributed by atoms with Crippen molar-refractivity contribution in [3.8, 4) is 0 Å². The Morgan fingerprint density at radius 3 is 3.05 bits per heavy atom. The van der Waals surface area contributed by atoms with E-state index in [0.29, 0.717) is 17.5 Å². The summed E-state index contributed by atoms with van der Waals surface area (Å²) in [5.74, 6) is 1.47. The van der Waals surface area contributed by atoms with E-state index in [9.17, 15) is 0 Å². The number of hydrogen-bond acceptors (Lipinski definition) is 4. The van der Waals surface area contributed by atoms with Gasteiger partial charge in [0.1, 0.15) is 5.82 Å². The van der Waals surface area contributed by atoms with E-state index in [1.165, 1.54) is 0 Å². The molecule has 3 rings (SSSR count). The van der Waals surface area contributed by atoms with Crippen molar-refractivity contribution >= 4 is 34.1 Å². The zero-order valence-corrected chi connectivity index (χ0v) is 11.1. The van der Waals surface area contributed by atoms with Gasteiger partial charge in [0.2, 0.25) is 5.95 Å². The summed E-state index contributed by atoms with van der Waals surface area (Å²) in [6, 6.07) is 5.55. The van der Waals surface area contributed by atoms with Crippen LogP contribution in [-0.4, -0.2) is 26.1 Å².